The SMILES string of the molecule is CC1CCC(c2cccc(-c3ncccc3C(N)=O)c2)(N2CCN(c3ccccc3)CC2)CC1. The van der Waals surface area contributed by atoms with E-state index in [4.69, 9.17) is 5.73 Å². The first-order chi connectivity index (χ1) is 16.6. The first-order valence-corrected chi connectivity index (χ1v) is 12.5. The van der Waals surface area contributed by atoms with Gasteiger partial charge in [0.05, 0.1) is 11.3 Å². The lowest BCUT2D eigenvalue weighted by Crippen LogP contribution is -2.56. The van der Waals surface area contributed by atoms with Crippen LogP contribution in [0.5, 0.6) is 0 Å². The summed E-state index contributed by atoms with van der Waals surface area (Å²) in [6.45, 7) is 6.54. The lowest BCUT2D eigenvalue weighted by Gasteiger charge is -2.51. The molecule has 2 aromatic carbocycles. The number of carbonyl (C=O) groups excluding carboxylic acids is 1. The average molecular weight is 455 g/mol. The standard InChI is InChI=1S/C29H34N4O/c1-22-12-14-29(15-13-22,33-19-17-32(18-20-33)25-9-3-2-4-10-25)24-8-5-7-23(21-24)27-26(28(30)34)11-6-16-31-27/h2-11,16,21-22H,12-15,17-20H2,1H3,(H2,30,34). The largest absolute Gasteiger partial charge is 0.369 e. The lowest BCUT2D eigenvalue weighted by molar-refractivity contribution is 0.0299. The molecule has 1 saturated heterocycles. The van der Waals surface area contributed by atoms with Crippen LogP contribution in [0.25, 0.3) is 11.3 Å². The predicted molar refractivity (Wildman–Crippen MR) is 138 cm³/mol. The number of nitrogens with two attached hydrogens (primary N) is 1. The van der Waals surface area contributed by atoms with Crippen LogP contribution in [-0.4, -0.2) is 42.0 Å². The number of pyridine rings is 1. The molecule has 1 aliphatic heterocycles. The van der Waals surface area contributed by atoms with Crippen molar-refractivity contribution in [3.05, 3.63) is 84.1 Å². The molecule has 2 aliphatic rings. The van der Waals surface area contributed by atoms with Crippen LogP contribution in [0.3, 0.4) is 0 Å². The molecule has 0 atom stereocenters. The van der Waals surface area contributed by atoms with Gasteiger partial charge in [-0.1, -0.05) is 43.3 Å². The van der Waals surface area contributed by atoms with Gasteiger partial charge in [-0.25, -0.2) is 0 Å². The summed E-state index contributed by atoms with van der Waals surface area (Å²) in [7, 11) is 0. The van der Waals surface area contributed by atoms with Crippen molar-refractivity contribution in [2.24, 2.45) is 11.7 Å². The van der Waals surface area contributed by atoms with E-state index in [9.17, 15) is 4.79 Å². The van der Waals surface area contributed by atoms with E-state index in [-0.39, 0.29) is 5.54 Å². The highest BCUT2D eigenvalue weighted by Gasteiger charge is 2.42. The Labute approximate surface area is 202 Å². The molecule has 2 N–H and O–H groups in total. The predicted octanol–water partition coefficient (Wildman–Crippen LogP) is 5.08. The van der Waals surface area contributed by atoms with Crippen LogP contribution >= 0.6 is 0 Å². The fourth-order valence-corrected chi connectivity index (χ4v) is 5.85. The van der Waals surface area contributed by atoms with Crippen molar-refractivity contribution in [3.63, 3.8) is 0 Å². The van der Waals surface area contributed by atoms with Crippen LogP contribution in [0.2, 0.25) is 0 Å². The van der Waals surface area contributed by atoms with Gasteiger partial charge in [0.1, 0.15) is 0 Å². The molecule has 5 heteroatoms. The Balaban J connectivity index is 1.47. The number of aromatic nitrogens is 1. The number of hydrogen-bond acceptors (Lipinski definition) is 4. The smallest absolute Gasteiger partial charge is 0.250 e. The highest BCUT2D eigenvalue weighted by Crippen LogP contribution is 2.45. The number of anilines is 1. The molecule has 2 heterocycles. The first-order valence-electron chi connectivity index (χ1n) is 12.5. The van der Waals surface area contributed by atoms with E-state index in [1.54, 1.807) is 18.3 Å². The monoisotopic (exact) mass is 454 g/mol. The summed E-state index contributed by atoms with van der Waals surface area (Å²) in [4.78, 5) is 21.8. The molecule has 3 aromatic rings. The summed E-state index contributed by atoms with van der Waals surface area (Å²) < 4.78 is 0. The second kappa shape index (κ2) is 9.59. The highest BCUT2D eigenvalue weighted by atomic mass is 16.1. The minimum absolute atomic E-state index is 0.0208. The lowest BCUT2D eigenvalue weighted by atomic mass is 9.71. The van der Waals surface area contributed by atoms with Crippen molar-refractivity contribution in [3.8, 4) is 11.3 Å². The normalized spacial score (nSPS) is 23.6. The molecular weight excluding hydrogens is 420 g/mol. The highest BCUT2D eigenvalue weighted by molar-refractivity contribution is 5.98. The summed E-state index contributed by atoms with van der Waals surface area (Å²) in [5.74, 6) is 0.325. The van der Waals surface area contributed by atoms with Gasteiger partial charge in [0.2, 0.25) is 0 Å². The molecule has 0 bridgehead atoms. The summed E-state index contributed by atoms with van der Waals surface area (Å²) in [6.07, 6.45) is 6.52. The first kappa shape index (κ1) is 22.6. The van der Waals surface area contributed by atoms with E-state index >= 15 is 0 Å². The maximum absolute atomic E-state index is 12.0. The minimum Gasteiger partial charge on any atom is -0.369 e. The Hall–Kier alpha value is -3.18. The van der Waals surface area contributed by atoms with Gasteiger partial charge in [-0.2, -0.15) is 0 Å². The number of rotatable bonds is 5. The number of benzene rings is 2. The van der Waals surface area contributed by atoms with Crippen molar-refractivity contribution in [2.45, 2.75) is 38.1 Å². The molecule has 1 amide bonds. The van der Waals surface area contributed by atoms with E-state index in [0.717, 1.165) is 50.5 Å². The van der Waals surface area contributed by atoms with Crippen LogP contribution in [0.4, 0.5) is 5.69 Å². The van der Waals surface area contributed by atoms with Crippen LogP contribution in [-0.2, 0) is 5.54 Å². The Morgan fingerprint density at radius 1 is 0.941 bits per heavy atom. The molecular formula is C29H34N4O. The van der Waals surface area contributed by atoms with Gasteiger partial charge in [0.25, 0.3) is 5.91 Å². The molecule has 0 spiro atoms. The summed E-state index contributed by atoms with van der Waals surface area (Å²) >= 11 is 0. The molecule has 5 rings (SSSR count). The van der Waals surface area contributed by atoms with Crippen molar-refractivity contribution < 1.29 is 4.79 Å². The fourth-order valence-electron chi connectivity index (χ4n) is 5.85. The molecule has 34 heavy (non-hydrogen) atoms. The Morgan fingerprint density at radius 2 is 1.68 bits per heavy atom. The van der Waals surface area contributed by atoms with Gasteiger partial charge in [0, 0.05) is 49.2 Å². The minimum atomic E-state index is -0.438. The Bertz CT molecular complexity index is 1130. The second-order valence-corrected chi connectivity index (χ2v) is 9.87. The zero-order valence-electron chi connectivity index (χ0n) is 20.0. The number of carbonyl (C=O) groups is 1. The van der Waals surface area contributed by atoms with Crippen molar-refractivity contribution in [1.82, 2.24) is 9.88 Å². The van der Waals surface area contributed by atoms with Crippen LogP contribution in [0.15, 0.2) is 72.9 Å². The van der Waals surface area contributed by atoms with Gasteiger partial charge in [0.15, 0.2) is 0 Å². The van der Waals surface area contributed by atoms with E-state index in [0.29, 0.717) is 11.3 Å². The van der Waals surface area contributed by atoms with Crippen LogP contribution in [0.1, 0.15) is 48.5 Å². The van der Waals surface area contributed by atoms with Crippen LogP contribution < -0.4 is 10.6 Å². The number of hydrogen-bond donors (Lipinski definition) is 1. The molecule has 5 nitrogen and oxygen atoms in total. The zero-order valence-corrected chi connectivity index (χ0v) is 20.0. The van der Waals surface area contributed by atoms with Gasteiger partial charge >= 0.3 is 0 Å². The molecule has 0 radical (unpaired) electrons. The van der Waals surface area contributed by atoms with E-state index in [1.807, 2.05) is 6.07 Å². The maximum Gasteiger partial charge on any atom is 0.250 e. The van der Waals surface area contributed by atoms with Crippen LogP contribution in [0, 0.1) is 5.92 Å². The van der Waals surface area contributed by atoms with Gasteiger partial charge in [-0.05, 0) is 67.5 Å². The number of amides is 1. The Kier molecular flexibility index (Phi) is 6.38. The van der Waals surface area contributed by atoms with Gasteiger partial charge < -0.3 is 10.6 Å². The van der Waals surface area contributed by atoms with Crippen molar-refractivity contribution in [2.75, 3.05) is 31.1 Å². The second-order valence-electron chi connectivity index (χ2n) is 9.87. The zero-order chi connectivity index (χ0) is 23.5. The molecule has 0 unspecified atom stereocenters. The Morgan fingerprint density at radius 3 is 2.38 bits per heavy atom. The maximum atomic E-state index is 12.0. The van der Waals surface area contributed by atoms with E-state index < -0.39 is 5.91 Å². The molecule has 1 aliphatic carbocycles. The topological polar surface area (TPSA) is 62.5 Å². The molecule has 1 saturated carbocycles. The molecule has 1 aromatic heterocycles. The van der Waals surface area contributed by atoms with Crippen molar-refractivity contribution >= 4 is 11.6 Å². The molecule has 2 fully saturated rings. The third-order valence-corrected chi connectivity index (χ3v) is 7.85. The third kappa shape index (κ3) is 4.32. The average Bonchev–Trinajstić information content (AvgIpc) is 2.90. The third-order valence-electron chi connectivity index (χ3n) is 7.85. The van der Waals surface area contributed by atoms with Gasteiger partial charge in [-0.15, -0.1) is 0 Å². The quantitative estimate of drug-likeness (QED) is 0.584. The van der Waals surface area contributed by atoms with Crippen molar-refractivity contribution in [1.29, 1.82) is 0 Å². The van der Waals surface area contributed by atoms with E-state index in [2.05, 4.69) is 70.2 Å². The number of para-hydroxylation sites is 1. The van der Waals surface area contributed by atoms with E-state index in [1.165, 1.54) is 24.1 Å². The summed E-state index contributed by atoms with van der Waals surface area (Å²) in [5.41, 5.74) is 10.4. The summed E-state index contributed by atoms with van der Waals surface area (Å²) in [6, 6.07) is 23.0. The number of piperazine rings is 1. The fraction of sp³-hybridized carbons (Fsp3) is 0.379. The molecule has 176 valence electrons. The van der Waals surface area contributed by atoms with Gasteiger partial charge in [-0.3, -0.25) is 14.7 Å². The number of nitrogens with zero attached hydrogens (tertiary/aromatic N) is 3. The number of primary amides is 1. The summed E-state index contributed by atoms with van der Waals surface area (Å²) in [5, 5.41) is 0.